The van der Waals surface area contributed by atoms with E-state index in [4.69, 9.17) is 15.2 Å². The highest BCUT2D eigenvalue weighted by molar-refractivity contribution is 5.41. The Balaban J connectivity index is 2.13. The van der Waals surface area contributed by atoms with E-state index in [0.717, 1.165) is 17.7 Å². The molecule has 0 aliphatic carbocycles. The minimum atomic E-state index is -0.0308. The molecule has 0 radical (unpaired) electrons. The van der Waals surface area contributed by atoms with Gasteiger partial charge in [-0.05, 0) is 31.0 Å². The molecule has 0 bridgehead atoms. The van der Waals surface area contributed by atoms with Crippen LogP contribution in [0.25, 0.3) is 0 Å². The fraction of sp³-hybridized carbons (Fsp3) is 0.312. The van der Waals surface area contributed by atoms with Crippen molar-refractivity contribution in [3.8, 4) is 17.4 Å². The lowest BCUT2D eigenvalue weighted by atomic mass is 10.2. The van der Waals surface area contributed by atoms with Crippen LogP contribution >= 0.6 is 0 Å². The van der Waals surface area contributed by atoms with Gasteiger partial charge in [-0.3, -0.25) is 0 Å². The number of benzene rings is 1. The maximum Gasteiger partial charge on any atom is 0.219 e. The average molecular weight is 272 g/mol. The summed E-state index contributed by atoms with van der Waals surface area (Å²) < 4.78 is 11.4. The first-order valence-electron chi connectivity index (χ1n) is 6.82. The molecule has 1 aromatic carbocycles. The van der Waals surface area contributed by atoms with Crippen LogP contribution in [0.4, 0.5) is 0 Å². The molecule has 0 amide bonds. The lowest BCUT2D eigenvalue weighted by molar-refractivity contribution is 0.301. The highest BCUT2D eigenvalue weighted by Crippen LogP contribution is 2.30. The molecule has 2 rings (SSSR count). The number of nitrogens with two attached hydrogens (primary N) is 1. The fourth-order valence-corrected chi connectivity index (χ4v) is 1.70. The highest BCUT2D eigenvalue weighted by Gasteiger charge is 2.07. The first kappa shape index (κ1) is 14.3. The molecule has 106 valence electrons. The summed E-state index contributed by atoms with van der Waals surface area (Å²) in [6.07, 6.45) is 2.69. The quantitative estimate of drug-likeness (QED) is 0.871. The number of ether oxygens (including phenoxy) is 2. The van der Waals surface area contributed by atoms with Crippen molar-refractivity contribution in [1.82, 2.24) is 4.98 Å². The van der Waals surface area contributed by atoms with E-state index in [2.05, 4.69) is 11.9 Å². The molecule has 2 aromatic rings. The maximum absolute atomic E-state index is 5.79. The summed E-state index contributed by atoms with van der Waals surface area (Å²) in [5, 5.41) is 0. The number of nitrogens with zero attached hydrogens (tertiary/aromatic N) is 1. The molecule has 4 heteroatoms. The van der Waals surface area contributed by atoms with Gasteiger partial charge in [0.15, 0.2) is 11.5 Å². The Hall–Kier alpha value is -2.07. The fourth-order valence-electron chi connectivity index (χ4n) is 1.70. The Bertz CT molecular complexity index is 538. The molecule has 1 unspecified atom stereocenters. The number of rotatable bonds is 6. The molecule has 0 saturated carbocycles. The van der Waals surface area contributed by atoms with E-state index in [1.165, 1.54) is 0 Å². The summed E-state index contributed by atoms with van der Waals surface area (Å²) in [5.74, 6) is 1.93. The van der Waals surface area contributed by atoms with Crippen LogP contribution < -0.4 is 15.2 Å². The predicted molar refractivity (Wildman–Crippen MR) is 79.1 cm³/mol. The van der Waals surface area contributed by atoms with Gasteiger partial charge in [-0.25, -0.2) is 4.98 Å². The van der Waals surface area contributed by atoms with Crippen LogP contribution in [0.1, 0.15) is 31.9 Å². The molecule has 0 aliphatic heterocycles. The Morgan fingerprint density at radius 2 is 1.90 bits per heavy atom. The smallest absolute Gasteiger partial charge is 0.219 e. The van der Waals surface area contributed by atoms with E-state index in [1.54, 1.807) is 6.20 Å². The van der Waals surface area contributed by atoms with E-state index < -0.39 is 0 Å². The third kappa shape index (κ3) is 3.71. The maximum atomic E-state index is 5.79. The second-order valence-corrected chi connectivity index (χ2v) is 4.62. The van der Waals surface area contributed by atoms with Crippen molar-refractivity contribution >= 4 is 0 Å². The Morgan fingerprint density at radius 3 is 2.50 bits per heavy atom. The minimum Gasteiger partial charge on any atom is -0.490 e. The normalized spacial score (nSPS) is 11.9. The molecule has 1 heterocycles. The van der Waals surface area contributed by atoms with Crippen molar-refractivity contribution in [2.24, 2.45) is 5.73 Å². The molecule has 1 aromatic heterocycles. The highest BCUT2D eigenvalue weighted by atomic mass is 16.5. The molecular formula is C16H20N2O2. The van der Waals surface area contributed by atoms with Crippen LogP contribution in [-0.2, 0) is 0 Å². The van der Waals surface area contributed by atoms with Gasteiger partial charge >= 0.3 is 0 Å². The molecular weight excluding hydrogens is 252 g/mol. The number of aromatic nitrogens is 1. The molecule has 0 fully saturated rings. The van der Waals surface area contributed by atoms with Crippen LogP contribution in [-0.4, -0.2) is 11.6 Å². The number of hydrogen-bond donors (Lipinski definition) is 1. The van der Waals surface area contributed by atoms with Crippen molar-refractivity contribution in [3.05, 3.63) is 48.2 Å². The molecule has 0 saturated heterocycles. The second kappa shape index (κ2) is 6.91. The van der Waals surface area contributed by atoms with Crippen molar-refractivity contribution in [1.29, 1.82) is 0 Å². The minimum absolute atomic E-state index is 0.0308. The van der Waals surface area contributed by atoms with Crippen LogP contribution in [0.15, 0.2) is 42.6 Å². The van der Waals surface area contributed by atoms with Gasteiger partial charge in [-0.15, -0.1) is 0 Å². The van der Waals surface area contributed by atoms with E-state index in [-0.39, 0.29) is 6.04 Å². The van der Waals surface area contributed by atoms with Gasteiger partial charge in [0.05, 0.1) is 6.61 Å². The lowest BCUT2D eigenvalue weighted by Gasteiger charge is -2.12. The Kier molecular flexibility index (Phi) is 4.96. The number of hydrogen-bond acceptors (Lipinski definition) is 4. The summed E-state index contributed by atoms with van der Waals surface area (Å²) in [4.78, 5) is 4.26. The lowest BCUT2D eigenvalue weighted by Crippen LogP contribution is -2.05. The van der Waals surface area contributed by atoms with Crippen molar-refractivity contribution in [2.45, 2.75) is 26.3 Å². The summed E-state index contributed by atoms with van der Waals surface area (Å²) in [7, 11) is 0. The standard InChI is InChI=1S/C16H20N2O2/c1-3-10-19-14-6-4-5-7-15(14)20-16-9-8-13(11-18-16)12(2)17/h4-9,11-12H,3,10,17H2,1-2H3. The second-order valence-electron chi connectivity index (χ2n) is 4.62. The summed E-state index contributed by atoms with van der Waals surface area (Å²) in [6.45, 7) is 4.65. The summed E-state index contributed by atoms with van der Waals surface area (Å²) in [6, 6.07) is 11.3. The van der Waals surface area contributed by atoms with E-state index in [0.29, 0.717) is 18.2 Å². The molecule has 20 heavy (non-hydrogen) atoms. The monoisotopic (exact) mass is 272 g/mol. The summed E-state index contributed by atoms with van der Waals surface area (Å²) in [5.41, 5.74) is 6.77. The molecule has 2 N–H and O–H groups in total. The number of para-hydroxylation sites is 2. The van der Waals surface area contributed by atoms with Crippen LogP contribution in [0.3, 0.4) is 0 Å². The van der Waals surface area contributed by atoms with Gasteiger partial charge in [-0.2, -0.15) is 0 Å². The van der Waals surface area contributed by atoms with E-state index in [9.17, 15) is 0 Å². The van der Waals surface area contributed by atoms with Crippen LogP contribution in [0.2, 0.25) is 0 Å². The van der Waals surface area contributed by atoms with Crippen LogP contribution in [0, 0.1) is 0 Å². The topological polar surface area (TPSA) is 57.4 Å². The molecule has 1 atom stereocenters. The van der Waals surface area contributed by atoms with Gasteiger partial charge in [0.2, 0.25) is 5.88 Å². The molecule has 0 aliphatic rings. The Labute approximate surface area is 119 Å². The van der Waals surface area contributed by atoms with Gasteiger partial charge < -0.3 is 15.2 Å². The molecule has 4 nitrogen and oxygen atoms in total. The van der Waals surface area contributed by atoms with Gasteiger partial charge in [0.25, 0.3) is 0 Å². The average Bonchev–Trinajstić information content (AvgIpc) is 2.47. The van der Waals surface area contributed by atoms with E-state index >= 15 is 0 Å². The van der Waals surface area contributed by atoms with Gasteiger partial charge in [0, 0.05) is 18.3 Å². The zero-order valence-corrected chi connectivity index (χ0v) is 11.9. The third-order valence-corrected chi connectivity index (χ3v) is 2.81. The van der Waals surface area contributed by atoms with Crippen molar-refractivity contribution < 1.29 is 9.47 Å². The largest absolute Gasteiger partial charge is 0.490 e. The van der Waals surface area contributed by atoms with Crippen molar-refractivity contribution in [2.75, 3.05) is 6.61 Å². The first-order chi connectivity index (χ1) is 9.70. The predicted octanol–water partition coefficient (Wildman–Crippen LogP) is 3.68. The Morgan fingerprint density at radius 1 is 1.15 bits per heavy atom. The zero-order valence-electron chi connectivity index (χ0n) is 11.9. The van der Waals surface area contributed by atoms with Gasteiger partial charge in [0.1, 0.15) is 0 Å². The van der Waals surface area contributed by atoms with Crippen molar-refractivity contribution in [3.63, 3.8) is 0 Å². The zero-order chi connectivity index (χ0) is 14.4. The summed E-state index contributed by atoms with van der Waals surface area (Å²) >= 11 is 0. The van der Waals surface area contributed by atoms with E-state index in [1.807, 2.05) is 43.3 Å². The SMILES string of the molecule is CCCOc1ccccc1Oc1ccc(C(C)N)cn1. The van der Waals surface area contributed by atoms with Gasteiger partial charge in [-0.1, -0.05) is 25.1 Å². The van der Waals surface area contributed by atoms with Crippen LogP contribution in [0.5, 0.6) is 17.4 Å². The first-order valence-corrected chi connectivity index (χ1v) is 6.82. The third-order valence-electron chi connectivity index (χ3n) is 2.81. The molecule has 0 spiro atoms. The number of pyridine rings is 1.